The van der Waals surface area contributed by atoms with Gasteiger partial charge in [0.05, 0.1) is 6.61 Å². The minimum absolute atomic E-state index is 0.0612. The lowest BCUT2D eigenvalue weighted by Crippen LogP contribution is -2.25. The summed E-state index contributed by atoms with van der Waals surface area (Å²) in [4.78, 5) is 29.4. The molecule has 0 heterocycles. The highest BCUT2D eigenvalue weighted by Crippen LogP contribution is 2.18. The first-order valence-electron chi connectivity index (χ1n) is 9.94. The molecular weight excluding hydrogens is 364 g/mol. The number of hydrogen-bond donors (Lipinski definition) is 2. The number of carbonyl (C=O) groups excluding carboxylic acids is 2. The van der Waals surface area contributed by atoms with Crippen LogP contribution in [0.15, 0.2) is 72.8 Å². The van der Waals surface area contributed by atoms with E-state index in [4.69, 9.17) is 4.84 Å². The molecule has 0 unspecified atom stereocenters. The third-order valence-electron chi connectivity index (χ3n) is 4.67. The van der Waals surface area contributed by atoms with Crippen molar-refractivity contribution in [1.82, 2.24) is 10.8 Å². The van der Waals surface area contributed by atoms with Crippen molar-refractivity contribution in [3.8, 4) is 0 Å². The van der Waals surface area contributed by atoms with Crippen LogP contribution < -0.4 is 10.8 Å². The Labute approximate surface area is 171 Å². The van der Waals surface area contributed by atoms with E-state index in [2.05, 4.69) is 10.8 Å². The van der Waals surface area contributed by atoms with Crippen molar-refractivity contribution in [2.24, 2.45) is 0 Å². The molecule has 3 aromatic rings. The highest BCUT2D eigenvalue weighted by atomic mass is 16.6. The Morgan fingerprint density at radius 1 is 0.793 bits per heavy atom. The Balaban J connectivity index is 1.29. The first kappa shape index (κ1) is 20.6. The maximum atomic E-state index is 12.4. The highest BCUT2D eigenvalue weighted by Gasteiger charge is 2.08. The van der Waals surface area contributed by atoms with E-state index < -0.39 is 0 Å². The van der Waals surface area contributed by atoms with Gasteiger partial charge in [-0.2, -0.15) is 0 Å². The first-order chi connectivity index (χ1) is 14.2. The number of benzene rings is 3. The van der Waals surface area contributed by atoms with E-state index in [1.807, 2.05) is 72.8 Å². The molecule has 0 radical (unpaired) electrons. The van der Waals surface area contributed by atoms with Gasteiger partial charge in [0.25, 0.3) is 5.91 Å². The fourth-order valence-electron chi connectivity index (χ4n) is 3.13. The van der Waals surface area contributed by atoms with Crippen LogP contribution in [0.25, 0.3) is 10.8 Å². The molecule has 0 atom stereocenters. The summed E-state index contributed by atoms with van der Waals surface area (Å²) in [6, 6.07) is 23.3. The number of rotatable bonds is 10. The number of amides is 2. The molecule has 5 heteroatoms. The van der Waals surface area contributed by atoms with Gasteiger partial charge in [-0.25, -0.2) is 5.48 Å². The SMILES string of the molecule is O=C(CCCCCNC(=O)c1cccc2ccccc12)NOCc1ccccc1. The largest absolute Gasteiger partial charge is 0.352 e. The molecule has 0 aliphatic carbocycles. The predicted molar refractivity (Wildman–Crippen MR) is 114 cm³/mol. The molecule has 29 heavy (non-hydrogen) atoms. The molecule has 0 bridgehead atoms. The average Bonchev–Trinajstić information content (AvgIpc) is 2.76. The van der Waals surface area contributed by atoms with E-state index >= 15 is 0 Å². The normalized spacial score (nSPS) is 10.6. The monoisotopic (exact) mass is 390 g/mol. The van der Waals surface area contributed by atoms with Gasteiger partial charge in [0.2, 0.25) is 5.91 Å². The second-order valence-electron chi connectivity index (χ2n) is 6.89. The quantitative estimate of drug-likeness (QED) is 0.399. The van der Waals surface area contributed by atoms with Crippen LogP contribution in [0.1, 0.15) is 41.6 Å². The second kappa shape index (κ2) is 11.0. The molecule has 0 spiro atoms. The molecule has 150 valence electrons. The van der Waals surface area contributed by atoms with Crippen molar-refractivity contribution in [3.05, 3.63) is 83.9 Å². The lowest BCUT2D eigenvalue weighted by Gasteiger charge is -2.08. The summed E-state index contributed by atoms with van der Waals surface area (Å²) in [5, 5.41) is 4.98. The molecule has 0 aromatic heterocycles. The van der Waals surface area contributed by atoms with E-state index in [-0.39, 0.29) is 11.8 Å². The third-order valence-corrected chi connectivity index (χ3v) is 4.67. The maximum Gasteiger partial charge on any atom is 0.251 e. The lowest BCUT2D eigenvalue weighted by atomic mass is 10.0. The van der Waals surface area contributed by atoms with Crippen molar-refractivity contribution in [3.63, 3.8) is 0 Å². The Hall–Kier alpha value is -3.18. The molecule has 0 saturated carbocycles. The summed E-state index contributed by atoms with van der Waals surface area (Å²) in [5.74, 6) is -0.186. The zero-order valence-corrected chi connectivity index (χ0v) is 16.4. The van der Waals surface area contributed by atoms with E-state index in [1.165, 1.54) is 0 Å². The van der Waals surface area contributed by atoms with Crippen molar-refractivity contribution < 1.29 is 14.4 Å². The van der Waals surface area contributed by atoms with Crippen LogP contribution in [0.4, 0.5) is 0 Å². The highest BCUT2D eigenvalue weighted by molar-refractivity contribution is 6.06. The summed E-state index contributed by atoms with van der Waals surface area (Å²) in [6.45, 7) is 0.945. The molecular formula is C24H26N2O3. The van der Waals surface area contributed by atoms with E-state index in [1.54, 1.807) is 0 Å². The van der Waals surface area contributed by atoms with Crippen molar-refractivity contribution in [2.45, 2.75) is 32.3 Å². The summed E-state index contributed by atoms with van der Waals surface area (Å²) in [6.07, 6.45) is 2.85. The molecule has 0 aliphatic rings. The van der Waals surface area contributed by atoms with Gasteiger partial charge in [0.1, 0.15) is 0 Å². The van der Waals surface area contributed by atoms with Crippen LogP contribution in [0, 0.1) is 0 Å². The number of unbranched alkanes of at least 4 members (excludes halogenated alkanes) is 2. The van der Waals surface area contributed by atoms with Gasteiger partial charge in [-0.05, 0) is 35.2 Å². The van der Waals surface area contributed by atoms with Crippen LogP contribution in [-0.4, -0.2) is 18.4 Å². The fourth-order valence-corrected chi connectivity index (χ4v) is 3.13. The smallest absolute Gasteiger partial charge is 0.251 e. The maximum absolute atomic E-state index is 12.4. The predicted octanol–water partition coefficient (Wildman–Crippen LogP) is 4.38. The zero-order valence-electron chi connectivity index (χ0n) is 16.4. The minimum atomic E-state index is -0.124. The summed E-state index contributed by atoms with van der Waals surface area (Å²) < 4.78 is 0. The molecule has 0 fully saturated rings. The van der Waals surface area contributed by atoms with Crippen molar-refractivity contribution in [1.29, 1.82) is 0 Å². The van der Waals surface area contributed by atoms with Crippen molar-refractivity contribution in [2.75, 3.05) is 6.54 Å². The van der Waals surface area contributed by atoms with Gasteiger partial charge in [-0.3, -0.25) is 14.4 Å². The second-order valence-corrected chi connectivity index (χ2v) is 6.89. The molecule has 2 amide bonds. The van der Waals surface area contributed by atoms with E-state index in [9.17, 15) is 9.59 Å². The van der Waals surface area contributed by atoms with Gasteiger partial charge in [0.15, 0.2) is 0 Å². The number of hydrogen-bond acceptors (Lipinski definition) is 3. The summed E-state index contributed by atoms with van der Waals surface area (Å²) in [5.41, 5.74) is 4.17. The van der Waals surface area contributed by atoms with Gasteiger partial charge in [-0.15, -0.1) is 0 Å². The van der Waals surface area contributed by atoms with Gasteiger partial charge >= 0.3 is 0 Å². The van der Waals surface area contributed by atoms with Crippen LogP contribution in [0.5, 0.6) is 0 Å². The van der Waals surface area contributed by atoms with E-state index in [0.29, 0.717) is 25.1 Å². The molecule has 3 rings (SSSR count). The van der Waals surface area contributed by atoms with E-state index in [0.717, 1.165) is 35.6 Å². The number of carbonyl (C=O) groups is 2. The minimum Gasteiger partial charge on any atom is -0.352 e. The van der Waals surface area contributed by atoms with Crippen molar-refractivity contribution >= 4 is 22.6 Å². The Kier molecular flexibility index (Phi) is 7.78. The standard InChI is InChI=1S/C24H26N2O3/c27-23(26-29-18-19-10-3-1-4-11-19)16-5-2-8-17-25-24(28)22-15-9-13-20-12-6-7-14-21(20)22/h1,3-4,6-7,9-15H,2,5,8,16-18H2,(H,25,28)(H,26,27). The molecule has 3 aromatic carbocycles. The lowest BCUT2D eigenvalue weighted by molar-refractivity contribution is -0.134. The first-order valence-corrected chi connectivity index (χ1v) is 9.94. The van der Waals surface area contributed by atoms with Gasteiger partial charge in [0, 0.05) is 18.5 Å². The number of nitrogens with one attached hydrogen (secondary N) is 2. The summed E-state index contributed by atoms with van der Waals surface area (Å²) in [7, 11) is 0. The number of hydroxylamine groups is 1. The number of fused-ring (bicyclic) bond motifs is 1. The summed E-state index contributed by atoms with van der Waals surface area (Å²) >= 11 is 0. The fraction of sp³-hybridized carbons (Fsp3) is 0.250. The molecule has 0 aliphatic heterocycles. The van der Waals surface area contributed by atoms with Gasteiger partial charge in [-0.1, -0.05) is 73.2 Å². The zero-order chi connectivity index (χ0) is 20.3. The average molecular weight is 390 g/mol. The Morgan fingerprint density at radius 2 is 1.55 bits per heavy atom. The van der Waals surface area contributed by atoms with Crippen LogP contribution in [-0.2, 0) is 16.2 Å². The van der Waals surface area contributed by atoms with Crippen LogP contribution >= 0.6 is 0 Å². The topological polar surface area (TPSA) is 67.4 Å². The molecule has 2 N–H and O–H groups in total. The van der Waals surface area contributed by atoms with Gasteiger partial charge < -0.3 is 5.32 Å². The molecule has 0 saturated heterocycles. The molecule has 5 nitrogen and oxygen atoms in total. The van der Waals surface area contributed by atoms with Crippen LogP contribution in [0.2, 0.25) is 0 Å². The Morgan fingerprint density at radius 3 is 2.41 bits per heavy atom. The Bertz CT molecular complexity index is 936. The third kappa shape index (κ3) is 6.43. The van der Waals surface area contributed by atoms with Crippen LogP contribution in [0.3, 0.4) is 0 Å².